The minimum atomic E-state index is -0.869. The van der Waals surface area contributed by atoms with Gasteiger partial charge >= 0.3 is 5.97 Å². The second-order valence-corrected chi connectivity index (χ2v) is 7.31. The van der Waals surface area contributed by atoms with Gasteiger partial charge < -0.3 is 19.7 Å². The molecule has 0 heterocycles. The number of aliphatic carboxylic acids is 1. The Morgan fingerprint density at radius 1 is 0.871 bits per heavy atom. The number of hydrogen-bond donors (Lipinski definition) is 2. The van der Waals surface area contributed by atoms with Gasteiger partial charge in [-0.25, -0.2) is 0 Å². The Hall–Kier alpha value is -3.99. The van der Waals surface area contributed by atoms with E-state index in [0.29, 0.717) is 17.1 Å². The highest BCUT2D eigenvalue weighted by molar-refractivity contribution is 5.96. The maximum absolute atomic E-state index is 11.2. The second kappa shape index (κ2) is 8.40. The fourth-order valence-electron chi connectivity index (χ4n) is 3.47. The predicted molar refractivity (Wildman–Crippen MR) is 120 cm³/mol. The van der Waals surface area contributed by atoms with Crippen LogP contribution in [0.15, 0.2) is 78.9 Å². The van der Waals surface area contributed by atoms with Crippen molar-refractivity contribution in [2.24, 2.45) is 0 Å². The largest absolute Gasteiger partial charge is 0.508 e. The van der Waals surface area contributed by atoms with E-state index in [2.05, 4.69) is 0 Å². The maximum atomic E-state index is 11.2. The molecule has 0 saturated heterocycles. The van der Waals surface area contributed by atoms with Crippen LogP contribution in [-0.4, -0.2) is 23.3 Å². The number of carbonyl (C=O) groups is 1. The molecule has 0 fully saturated rings. The van der Waals surface area contributed by atoms with Crippen molar-refractivity contribution in [3.63, 3.8) is 0 Å². The lowest BCUT2D eigenvalue weighted by molar-refractivity contribution is -0.138. The van der Waals surface area contributed by atoms with Crippen molar-refractivity contribution in [3.8, 4) is 34.1 Å². The third kappa shape index (κ3) is 4.16. The van der Waals surface area contributed by atoms with E-state index in [1.54, 1.807) is 50.4 Å². The van der Waals surface area contributed by atoms with Gasteiger partial charge in [0.05, 0.1) is 13.0 Å². The molecule has 5 nitrogen and oxygen atoms in total. The molecule has 31 heavy (non-hydrogen) atoms. The van der Waals surface area contributed by atoms with Crippen molar-refractivity contribution < 1.29 is 24.5 Å². The number of aromatic hydroxyl groups is 1. The highest BCUT2D eigenvalue weighted by Gasteiger charge is 2.16. The van der Waals surface area contributed by atoms with E-state index >= 15 is 0 Å². The van der Waals surface area contributed by atoms with Gasteiger partial charge in [0.25, 0.3) is 0 Å². The Bertz CT molecular complexity index is 1230. The zero-order valence-corrected chi connectivity index (χ0v) is 17.2. The van der Waals surface area contributed by atoms with Crippen LogP contribution in [-0.2, 0) is 4.79 Å². The highest BCUT2D eigenvalue weighted by Crippen LogP contribution is 2.41. The van der Waals surface area contributed by atoms with Crippen molar-refractivity contribution in [1.29, 1.82) is 0 Å². The summed E-state index contributed by atoms with van der Waals surface area (Å²) < 4.78 is 11.7. The molecule has 0 radical (unpaired) electrons. The van der Waals surface area contributed by atoms with Gasteiger partial charge in [-0.2, -0.15) is 0 Å². The summed E-state index contributed by atoms with van der Waals surface area (Å²) in [5, 5.41) is 20.8. The number of phenols is 1. The molecule has 0 aliphatic heterocycles. The SMILES string of the molecule is COc1ccc2c(Oc3ccc(C(C)C(=O)O)cc3)c(-c3ccc(O)cc3)ccc2c1. The number of rotatable bonds is 6. The molecule has 1 atom stereocenters. The first-order valence-corrected chi connectivity index (χ1v) is 9.87. The Morgan fingerprint density at radius 2 is 1.55 bits per heavy atom. The lowest BCUT2D eigenvalue weighted by atomic mass is 9.99. The summed E-state index contributed by atoms with van der Waals surface area (Å²) >= 11 is 0. The fourth-order valence-corrected chi connectivity index (χ4v) is 3.47. The summed E-state index contributed by atoms with van der Waals surface area (Å²) in [6, 6.07) is 23.8. The van der Waals surface area contributed by atoms with E-state index in [1.165, 1.54) is 0 Å². The molecule has 156 valence electrons. The van der Waals surface area contributed by atoms with E-state index in [1.807, 2.05) is 42.5 Å². The van der Waals surface area contributed by atoms with E-state index in [9.17, 15) is 15.0 Å². The van der Waals surface area contributed by atoms with Crippen LogP contribution in [0.25, 0.3) is 21.9 Å². The third-order valence-corrected chi connectivity index (χ3v) is 5.33. The van der Waals surface area contributed by atoms with Crippen LogP contribution in [0.1, 0.15) is 18.4 Å². The van der Waals surface area contributed by atoms with Crippen molar-refractivity contribution in [2.75, 3.05) is 7.11 Å². The Balaban J connectivity index is 1.80. The summed E-state index contributed by atoms with van der Waals surface area (Å²) in [5.41, 5.74) is 2.49. The molecular formula is C26H22O5. The monoisotopic (exact) mass is 414 g/mol. The van der Waals surface area contributed by atoms with E-state index in [4.69, 9.17) is 9.47 Å². The first-order valence-electron chi connectivity index (χ1n) is 9.87. The first-order chi connectivity index (χ1) is 15.0. The van der Waals surface area contributed by atoms with Gasteiger partial charge in [0.2, 0.25) is 0 Å². The van der Waals surface area contributed by atoms with Gasteiger partial charge in [0.15, 0.2) is 0 Å². The van der Waals surface area contributed by atoms with Crippen molar-refractivity contribution in [1.82, 2.24) is 0 Å². The minimum Gasteiger partial charge on any atom is -0.508 e. The number of benzene rings is 4. The van der Waals surface area contributed by atoms with Gasteiger partial charge in [-0.15, -0.1) is 0 Å². The topological polar surface area (TPSA) is 76.0 Å². The minimum absolute atomic E-state index is 0.194. The van der Waals surface area contributed by atoms with Crippen LogP contribution in [0, 0.1) is 0 Å². The summed E-state index contributed by atoms with van der Waals surface area (Å²) in [6.45, 7) is 1.65. The molecule has 4 aromatic rings. The Labute approximate surface area is 180 Å². The second-order valence-electron chi connectivity index (χ2n) is 7.31. The van der Waals surface area contributed by atoms with Gasteiger partial charge in [0, 0.05) is 10.9 Å². The lowest BCUT2D eigenvalue weighted by Crippen LogP contribution is -2.06. The molecule has 2 N–H and O–H groups in total. The molecule has 0 amide bonds. The number of ether oxygens (including phenoxy) is 2. The number of hydrogen-bond acceptors (Lipinski definition) is 4. The Morgan fingerprint density at radius 3 is 2.19 bits per heavy atom. The smallest absolute Gasteiger partial charge is 0.310 e. The average molecular weight is 414 g/mol. The van der Waals surface area contributed by atoms with Crippen LogP contribution in [0.3, 0.4) is 0 Å². The summed E-state index contributed by atoms with van der Waals surface area (Å²) in [6.07, 6.45) is 0. The molecule has 4 aromatic carbocycles. The van der Waals surface area contributed by atoms with Crippen LogP contribution in [0.2, 0.25) is 0 Å². The normalized spacial score (nSPS) is 11.8. The average Bonchev–Trinajstić information content (AvgIpc) is 2.79. The Kier molecular flexibility index (Phi) is 5.50. The van der Waals surface area contributed by atoms with Gasteiger partial charge in [-0.3, -0.25) is 4.79 Å². The molecule has 0 aromatic heterocycles. The third-order valence-electron chi connectivity index (χ3n) is 5.33. The molecule has 1 unspecified atom stereocenters. The van der Waals surface area contributed by atoms with Gasteiger partial charge in [-0.1, -0.05) is 30.3 Å². The van der Waals surface area contributed by atoms with Crippen LogP contribution >= 0.6 is 0 Å². The quantitative estimate of drug-likeness (QED) is 0.393. The van der Waals surface area contributed by atoms with Crippen LogP contribution in [0.4, 0.5) is 0 Å². The number of phenolic OH excluding ortho intramolecular Hbond substituents is 1. The zero-order valence-electron chi connectivity index (χ0n) is 17.2. The zero-order chi connectivity index (χ0) is 22.0. The number of carboxylic acids is 1. The molecule has 5 heteroatoms. The van der Waals surface area contributed by atoms with Crippen molar-refractivity contribution >= 4 is 16.7 Å². The molecule has 0 aliphatic rings. The number of fused-ring (bicyclic) bond motifs is 1. The molecule has 0 spiro atoms. The molecule has 4 rings (SSSR count). The van der Waals surface area contributed by atoms with E-state index in [0.717, 1.165) is 27.6 Å². The fraction of sp³-hybridized carbons (Fsp3) is 0.115. The lowest BCUT2D eigenvalue weighted by Gasteiger charge is -2.16. The van der Waals surface area contributed by atoms with Crippen molar-refractivity contribution in [3.05, 3.63) is 84.4 Å². The highest BCUT2D eigenvalue weighted by atomic mass is 16.5. The first kappa shape index (κ1) is 20.3. The van der Waals surface area contributed by atoms with Crippen LogP contribution in [0.5, 0.6) is 23.0 Å². The maximum Gasteiger partial charge on any atom is 0.310 e. The van der Waals surface area contributed by atoms with Crippen LogP contribution < -0.4 is 9.47 Å². The summed E-state index contributed by atoms with van der Waals surface area (Å²) in [4.78, 5) is 11.2. The van der Waals surface area contributed by atoms with Crippen molar-refractivity contribution in [2.45, 2.75) is 12.8 Å². The van der Waals surface area contributed by atoms with E-state index in [-0.39, 0.29) is 5.75 Å². The van der Waals surface area contributed by atoms with E-state index < -0.39 is 11.9 Å². The number of carboxylic acid groups (broad SMARTS) is 1. The molecule has 0 saturated carbocycles. The number of methoxy groups -OCH3 is 1. The molecular weight excluding hydrogens is 392 g/mol. The molecule has 0 aliphatic carbocycles. The van der Waals surface area contributed by atoms with Gasteiger partial charge in [0.1, 0.15) is 23.0 Å². The predicted octanol–water partition coefficient (Wildman–Crippen LogP) is 6.20. The summed E-state index contributed by atoms with van der Waals surface area (Å²) in [5.74, 6) is 0.759. The van der Waals surface area contributed by atoms with Gasteiger partial charge in [-0.05, 0) is 72.0 Å². The summed E-state index contributed by atoms with van der Waals surface area (Å²) in [7, 11) is 1.63. The molecule has 0 bridgehead atoms. The standard InChI is InChI=1S/C26H22O5/c1-16(26(28)29)17-5-10-21(11-6-17)31-25-23(18-3-8-20(27)9-4-18)13-7-19-15-22(30-2)12-14-24(19)25/h3-16,27H,1-2H3,(H,28,29).